The Hall–Kier alpha value is -1.31. The lowest BCUT2D eigenvalue weighted by Crippen LogP contribution is -1.99. The average molecular weight is 186 g/mol. The summed E-state index contributed by atoms with van der Waals surface area (Å²) in [6.45, 7) is 2.18. The number of fused-ring (bicyclic) bond motifs is 1. The van der Waals surface area contributed by atoms with Crippen molar-refractivity contribution in [2.75, 3.05) is 0 Å². The number of hydrogen-bond acceptors (Lipinski definition) is 1. The van der Waals surface area contributed by atoms with E-state index in [2.05, 4.69) is 40.7 Å². The molecule has 0 aliphatic heterocycles. The minimum atomic E-state index is 0.734. The summed E-state index contributed by atoms with van der Waals surface area (Å²) in [7, 11) is 0. The van der Waals surface area contributed by atoms with E-state index in [1.807, 2.05) is 0 Å². The van der Waals surface area contributed by atoms with Gasteiger partial charge in [-0.15, -0.1) is 0 Å². The van der Waals surface area contributed by atoms with Crippen molar-refractivity contribution in [3.63, 3.8) is 0 Å². The van der Waals surface area contributed by atoms with Crippen LogP contribution in [-0.2, 0) is 6.42 Å². The summed E-state index contributed by atoms with van der Waals surface area (Å²) in [5.74, 6) is 1.24. The molecular weight excluding hydrogens is 172 g/mol. The molecule has 72 valence electrons. The molecule has 1 aromatic heterocycles. The van der Waals surface area contributed by atoms with Crippen LogP contribution in [0.4, 0.5) is 0 Å². The summed E-state index contributed by atoms with van der Waals surface area (Å²) in [5.41, 5.74) is 2.46. The van der Waals surface area contributed by atoms with Gasteiger partial charge in [-0.25, -0.2) is 4.98 Å². The minimum absolute atomic E-state index is 0.734. The van der Waals surface area contributed by atoms with Crippen LogP contribution in [0, 0.1) is 0 Å². The molecule has 2 aromatic rings. The van der Waals surface area contributed by atoms with Gasteiger partial charge in [0.25, 0.3) is 0 Å². The van der Waals surface area contributed by atoms with Crippen LogP contribution < -0.4 is 0 Å². The van der Waals surface area contributed by atoms with Crippen molar-refractivity contribution in [3.05, 3.63) is 30.1 Å². The Kier molecular flexibility index (Phi) is 1.63. The molecule has 2 nitrogen and oxygen atoms in total. The van der Waals surface area contributed by atoms with E-state index < -0.39 is 0 Å². The SMILES string of the molecule is CCc1nc2ccccc2n1C1CC1. The summed E-state index contributed by atoms with van der Waals surface area (Å²) >= 11 is 0. The summed E-state index contributed by atoms with van der Waals surface area (Å²) < 4.78 is 2.43. The highest BCUT2D eigenvalue weighted by atomic mass is 15.1. The zero-order valence-corrected chi connectivity index (χ0v) is 8.40. The van der Waals surface area contributed by atoms with Crippen molar-refractivity contribution in [1.82, 2.24) is 9.55 Å². The number of nitrogens with zero attached hydrogens (tertiary/aromatic N) is 2. The molecule has 1 fully saturated rings. The van der Waals surface area contributed by atoms with Gasteiger partial charge in [0.1, 0.15) is 5.82 Å². The first-order valence-corrected chi connectivity index (χ1v) is 5.36. The van der Waals surface area contributed by atoms with Crippen LogP contribution in [0.15, 0.2) is 24.3 Å². The van der Waals surface area contributed by atoms with Gasteiger partial charge in [0.2, 0.25) is 0 Å². The fraction of sp³-hybridized carbons (Fsp3) is 0.417. The first-order valence-electron chi connectivity index (χ1n) is 5.36. The van der Waals surface area contributed by atoms with E-state index in [9.17, 15) is 0 Å². The van der Waals surface area contributed by atoms with Crippen molar-refractivity contribution >= 4 is 11.0 Å². The highest BCUT2D eigenvalue weighted by Crippen LogP contribution is 2.38. The lowest BCUT2D eigenvalue weighted by molar-refractivity contribution is 0.708. The van der Waals surface area contributed by atoms with Crippen molar-refractivity contribution in [2.24, 2.45) is 0 Å². The van der Waals surface area contributed by atoms with Crippen molar-refractivity contribution < 1.29 is 0 Å². The standard InChI is InChI=1S/C12H14N2/c1-2-12-13-10-5-3-4-6-11(10)14(12)9-7-8-9/h3-6,9H,2,7-8H2,1H3. The molecule has 2 heteroatoms. The molecular formula is C12H14N2. The zero-order chi connectivity index (χ0) is 9.54. The van der Waals surface area contributed by atoms with Crippen LogP contribution in [0.2, 0.25) is 0 Å². The molecule has 1 aliphatic rings. The predicted molar refractivity (Wildman–Crippen MR) is 57.4 cm³/mol. The van der Waals surface area contributed by atoms with E-state index in [-0.39, 0.29) is 0 Å². The predicted octanol–water partition coefficient (Wildman–Crippen LogP) is 2.93. The molecule has 0 N–H and O–H groups in total. The van der Waals surface area contributed by atoms with E-state index in [1.54, 1.807) is 0 Å². The third-order valence-electron chi connectivity index (χ3n) is 2.90. The van der Waals surface area contributed by atoms with Crippen LogP contribution in [0.3, 0.4) is 0 Å². The summed E-state index contributed by atoms with van der Waals surface area (Å²) in [4.78, 5) is 4.66. The summed E-state index contributed by atoms with van der Waals surface area (Å²) in [5, 5.41) is 0. The van der Waals surface area contributed by atoms with Crippen LogP contribution in [0.5, 0.6) is 0 Å². The van der Waals surface area contributed by atoms with E-state index in [0.29, 0.717) is 0 Å². The van der Waals surface area contributed by atoms with Gasteiger partial charge in [-0.3, -0.25) is 0 Å². The summed E-state index contributed by atoms with van der Waals surface area (Å²) in [6.07, 6.45) is 3.69. The van der Waals surface area contributed by atoms with Crippen molar-refractivity contribution in [3.8, 4) is 0 Å². The molecule has 1 aliphatic carbocycles. The van der Waals surface area contributed by atoms with Gasteiger partial charge in [-0.1, -0.05) is 19.1 Å². The van der Waals surface area contributed by atoms with Gasteiger partial charge >= 0.3 is 0 Å². The highest BCUT2D eigenvalue weighted by molar-refractivity contribution is 5.76. The molecule has 1 saturated carbocycles. The number of imidazole rings is 1. The van der Waals surface area contributed by atoms with Gasteiger partial charge in [0.15, 0.2) is 0 Å². The number of para-hydroxylation sites is 2. The molecule has 0 unspecified atom stereocenters. The highest BCUT2D eigenvalue weighted by Gasteiger charge is 2.27. The fourth-order valence-electron chi connectivity index (χ4n) is 2.08. The molecule has 0 spiro atoms. The minimum Gasteiger partial charge on any atom is -0.325 e. The second-order valence-electron chi connectivity index (χ2n) is 3.97. The first kappa shape index (κ1) is 8.04. The van der Waals surface area contributed by atoms with Gasteiger partial charge in [-0.2, -0.15) is 0 Å². The second kappa shape index (κ2) is 2.84. The van der Waals surface area contributed by atoms with E-state index >= 15 is 0 Å². The topological polar surface area (TPSA) is 17.8 Å². The Morgan fingerprint density at radius 1 is 1.36 bits per heavy atom. The van der Waals surface area contributed by atoms with Crippen molar-refractivity contribution in [1.29, 1.82) is 0 Å². The average Bonchev–Trinajstić information content (AvgIpc) is 2.98. The van der Waals surface area contributed by atoms with Gasteiger partial charge in [0, 0.05) is 12.5 Å². The monoisotopic (exact) mass is 186 g/mol. The zero-order valence-electron chi connectivity index (χ0n) is 8.40. The molecule has 0 radical (unpaired) electrons. The number of aryl methyl sites for hydroxylation is 1. The maximum absolute atomic E-state index is 4.66. The van der Waals surface area contributed by atoms with E-state index in [4.69, 9.17) is 0 Å². The Balaban J connectivity index is 2.29. The normalized spacial score (nSPS) is 16.4. The maximum Gasteiger partial charge on any atom is 0.109 e. The number of rotatable bonds is 2. The molecule has 1 aromatic carbocycles. The Morgan fingerprint density at radius 3 is 2.86 bits per heavy atom. The van der Waals surface area contributed by atoms with Crippen LogP contribution in [-0.4, -0.2) is 9.55 Å². The molecule has 0 amide bonds. The Labute approximate surface area is 83.6 Å². The third kappa shape index (κ3) is 1.07. The Morgan fingerprint density at radius 2 is 2.14 bits per heavy atom. The largest absolute Gasteiger partial charge is 0.325 e. The van der Waals surface area contributed by atoms with Gasteiger partial charge in [-0.05, 0) is 25.0 Å². The Bertz CT molecular complexity index is 466. The first-order chi connectivity index (χ1) is 6.90. The smallest absolute Gasteiger partial charge is 0.109 e. The lowest BCUT2D eigenvalue weighted by atomic mass is 10.3. The third-order valence-corrected chi connectivity index (χ3v) is 2.90. The van der Waals surface area contributed by atoms with Crippen LogP contribution >= 0.6 is 0 Å². The second-order valence-corrected chi connectivity index (χ2v) is 3.97. The molecule has 0 bridgehead atoms. The quantitative estimate of drug-likeness (QED) is 0.705. The molecule has 0 saturated heterocycles. The molecule has 0 atom stereocenters. The molecule has 1 heterocycles. The number of benzene rings is 1. The number of aromatic nitrogens is 2. The number of hydrogen-bond donors (Lipinski definition) is 0. The van der Waals surface area contributed by atoms with Crippen LogP contribution in [0.1, 0.15) is 31.6 Å². The fourth-order valence-corrected chi connectivity index (χ4v) is 2.08. The van der Waals surface area contributed by atoms with Gasteiger partial charge < -0.3 is 4.57 Å². The molecule has 14 heavy (non-hydrogen) atoms. The summed E-state index contributed by atoms with van der Waals surface area (Å²) in [6, 6.07) is 9.18. The van der Waals surface area contributed by atoms with Gasteiger partial charge in [0.05, 0.1) is 11.0 Å². The lowest BCUT2D eigenvalue weighted by Gasteiger charge is -2.04. The molecule has 3 rings (SSSR count). The van der Waals surface area contributed by atoms with Crippen LogP contribution in [0.25, 0.3) is 11.0 Å². The van der Waals surface area contributed by atoms with E-state index in [0.717, 1.165) is 18.0 Å². The maximum atomic E-state index is 4.66. The van der Waals surface area contributed by atoms with Crippen molar-refractivity contribution in [2.45, 2.75) is 32.2 Å². The van der Waals surface area contributed by atoms with E-state index in [1.165, 1.54) is 24.2 Å².